The molecular weight excluding hydrogens is 321 g/mol. The topological polar surface area (TPSA) is 84.1 Å². The number of ether oxygens (including phenoxy) is 2. The van der Waals surface area contributed by atoms with Gasteiger partial charge >= 0.3 is 0 Å². The van der Waals surface area contributed by atoms with Crippen LogP contribution in [0.3, 0.4) is 0 Å². The van der Waals surface area contributed by atoms with Gasteiger partial charge in [-0.15, -0.1) is 0 Å². The predicted molar refractivity (Wildman–Crippen MR) is 96.4 cm³/mol. The summed E-state index contributed by atoms with van der Waals surface area (Å²) < 4.78 is 26.0. The Morgan fingerprint density at radius 2 is 2.12 bits per heavy atom. The summed E-state index contributed by atoms with van der Waals surface area (Å²) in [6.45, 7) is 6.13. The summed E-state index contributed by atoms with van der Waals surface area (Å²) >= 11 is 0. The van der Waals surface area contributed by atoms with E-state index in [1.165, 1.54) is 6.07 Å². The van der Waals surface area contributed by atoms with Gasteiger partial charge in [-0.05, 0) is 25.1 Å². The summed E-state index contributed by atoms with van der Waals surface area (Å²) in [7, 11) is 0. The lowest BCUT2D eigenvalue weighted by Gasteiger charge is -2.16. The minimum Gasteiger partial charge on any atom is -0.494 e. The lowest BCUT2D eigenvalue weighted by atomic mass is 10.1. The SMILES string of the molecule is C=C(OCC)c1c(Oc2cccc(C(=N)N)c2)c(F)cc2[nH]ccc12. The Labute approximate surface area is 144 Å². The third kappa shape index (κ3) is 3.19. The molecule has 4 N–H and O–H groups in total. The number of nitrogen functional groups attached to an aromatic ring is 1. The van der Waals surface area contributed by atoms with Crippen LogP contribution in [-0.4, -0.2) is 17.4 Å². The van der Waals surface area contributed by atoms with Crippen molar-refractivity contribution in [2.75, 3.05) is 6.61 Å². The van der Waals surface area contributed by atoms with Crippen LogP contribution < -0.4 is 10.5 Å². The summed E-state index contributed by atoms with van der Waals surface area (Å²) in [4.78, 5) is 2.98. The van der Waals surface area contributed by atoms with Gasteiger partial charge in [0.05, 0.1) is 12.2 Å². The van der Waals surface area contributed by atoms with Gasteiger partial charge in [-0.25, -0.2) is 4.39 Å². The van der Waals surface area contributed by atoms with E-state index in [1.807, 2.05) is 13.0 Å². The second-order valence-electron chi connectivity index (χ2n) is 5.40. The van der Waals surface area contributed by atoms with Crippen LogP contribution in [0, 0.1) is 11.2 Å². The molecular formula is C19H18FN3O2. The van der Waals surface area contributed by atoms with E-state index in [-0.39, 0.29) is 11.6 Å². The van der Waals surface area contributed by atoms with Crippen molar-refractivity contribution in [3.05, 3.63) is 66.1 Å². The average Bonchev–Trinajstić information content (AvgIpc) is 3.03. The highest BCUT2D eigenvalue weighted by Gasteiger charge is 2.20. The van der Waals surface area contributed by atoms with Gasteiger partial charge in [0.1, 0.15) is 17.3 Å². The Kier molecular flexibility index (Phi) is 4.43. The molecule has 0 atom stereocenters. The van der Waals surface area contributed by atoms with Crippen molar-refractivity contribution in [1.82, 2.24) is 4.98 Å². The van der Waals surface area contributed by atoms with E-state index in [9.17, 15) is 4.39 Å². The van der Waals surface area contributed by atoms with E-state index in [4.69, 9.17) is 20.6 Å². The maximum Gasteiger partial charge on any atom is 0.174 e. The number of aromatic nitrogens is 1. The van der Waals surface area contributed by atoms with Crippen molar-refractivity contribution in [3.63, 3.8) is 0 Å². The third-order valence-corrected chi connectivity index (χ3v) is 3.73. The molecule has 0 fully saturated rings. The molecule has 1 heterocycles. The van der Waals surface area contributed by atoms with Gasteiger partial charge in [-0.3, -0.25) is 5.41 Å². The molecule has 0 radical (unpaired) electrons. The first-order valence-corrected chi connectivity index (χ1v) is 7.75. The summed E-state index contributed by atoms with van der Waals surface area (Å²) in [5, 5.41) is 8.26. The van der Waals surface area contributed by atoms with Crippen molar-refractivity contribution < 1.29 is 13.9 Å². The molecule has 2 aromatic carbocycles. The lowest BCUT2D eigenvalue weighted by Crippen LogP contribution is -2.10. The Balaban J connectivity index is 2.13. The monoisotopic (exact) mass is 339 g/mol. The van der Waals surface area contributed by atoms with E-state index < -0.39 is 5.82 Å². The van der Waals surface area contributed by atoms with Crippen LogP contribution in [0.15, 0.2) is 49.2 Å². The number of hydrogen-bond acceptors (Lipinski definition) is 3. The molecule has 128 valence electrons. The van der Waals surface area contributed by atoms with Gasteiger partial charge in [0, 0.05) is 28.7 Å². The van der Waals surface area contributed by atoms with Crippen LogP contribution in [0.4, 0.5) is 4.39 Å². The lowest BCUT2D eigenvalue weighted by molar-refractivity contribution is 0.297. The van der Waals surface area contributed by atoms with E-state index in [1.54, 1.807) is 30.5 Å². The number of halogens is 1. The summed E-state index contributed by atoms with van der Waals surface area (Å²) in [5.41, 5.74) is 7.06. The maximum absolute atomic E-state index is 14.7. The number of amidine groups is 1. The number of hydrogen-bond donors (Lipinski definition) is 3. The number of fused-ring (bicyclic) bond motifs is 1. The van der Waals surface area contributed by atoms with Crippen molar-refractivity contribution in [1.29, 1.82) is 5.41 Å². The number of nitrogens with one attached hydrogen (secondary N) is 2. The number of benzene rings is 2. The normalized spacial score (nSPS) is 10.6. The van der Waals surface area contributed by atoms with Crippen LogP contribution in [0.5, 0.6) is 11.5 Å². The number of rotatable bonds is 6. The van der Waals surface area contributed by atoms with Crippen LogP contribution >= 0.6 is 0 Å². The number of H-pyrrole nitrogens is 1. The minimum atomic E-state index is -0.543. The average molecular weight is 339 g/mol. The molecule has 0 aliphatic heterocycles. The summed E-state index contributed by atoms with van der Waals surface area (Å²) in [6, 6.07) is 9.79. The van der Waals surface area contributed by atoms with Crippen molar-refractivity contribution in [3.8, 4) is 11.5 Å². The molecule has 0 saturated carbocycles. The third-order valence-electron chi connectivity index (χ3n) is 3.73. The second-order valence-corrected chi connectivity index (χ2v) is 5.40. The quantitative estimate of drug-likeness (QED) is 0.354. The Morgan fingerprint density at radius 1 is 1.32 bits per heavy atom. The van der Waals surface area contributed by atoms with Crippen LogP contribution in [0.1, 0.15) is 18.1 Å². The standard InChI is InChI=1S/C19H18FN3O2/c1-3-24-11(2)17-14-7-8-23-16(14)10-15(20)18(17)25-13-6-4-5-12(9-13)19(21)22/h4-10,23H,2-3H2,1H3,(H3,21,22). The van der Waals surface area contributed by atoms with Gasteiger partial charge in [0.25, 0.3) is 0 Å². The minimum absolute atomic E-state index is 0.0197. The van der Waals surface area contributed by atoms with Crippen LogP contribution in [0.25, 0.3) is 16.7 Å². The van der Waals surface area contributed by atoms with E-state index >= 15 is 0 Å². The van der Waals surface area contributed by atoms with Crippen LogP contribution in [0.2, 0.25) is 0 Å². The van der Waals surface area contributed by atoms with E-state index in [0.29, 0.717) is 34.8 Å². The van der Waals surface area contributed by atoms with Crippen molar-refractivity contribution >= 4 is 22.5 Å². The highest BCUT2D eigenvalue weighted by molar-refractivity contribution is 5.95. The molecule has 0 aliphatic rings. The first-order chi connectivity index (χ1) is 12.0. The van der Waals surface area contributed by atoms with Crippen molar-refractivity contribution in [2.24, 2.45) is 5.73 Å². The molecule has 6 heteroatoms. The Bertz CT molecular complexity index is 962. The van der Waals surface area contributed by atoms with Crippen LogP contribution in [-0.2, 0) is 4.74 Å². The van der Waals surface area contributed by atoms with Gasteiger partial charge in [-0.1, -0.05) is 18.7 Å². The zero-order valence-corrected chi connectivity index (χ0v) is 13.7. The fourth-order valence-electron chi connectivity index (χ4n) is 2.62. The molecule has 0 bridgehead atoms. The number of nitrogens with two attached hydrogens (primary N) is 1. The molecule has 25 heavy (non-hydrogen) atoms. The molecule has 5 nitrogen and oxygen atoms in total. The van der Waals surface area contributed by atoms with Crippen molar-refractivity contribution in [2.45, 2.75) is 6.92 Å². The van der Waals surface area contributed by atoms with Gasteiger partial charge < -0.3 is 20.2 Å². The largest absolute Gasteiger partial charge is 0.494 e. The Hall–Kier alpha value is -3.28. The molecule has 0 spiro atoms. The molecule has 0 aliphatic carbocycles. The van der Waals surface area contributed by atoms with Gasteiger partial charge in [0.15, 0.2) is 11.6 Å². The molecule has 0 unspecified atom stereocenters. The summed E-state index contributed by atoms with van der Waals surface area (Å²) in [5.74, 6) is 0.0765. The predicted octanol–water partition coefficient (Wildman–Crippen LogP) is 4.39. The van der Waals surface area contributed by atoms with Gasteiger partial charge in [-0.2, -0.15) is 0 Å². The molecule has 3 rings (SSSR count). The highest BCUT2D eigenvalue weighted by Crippen LogP contribution is 2.38. The fourth-order valence-corrected chi connectivity index (χ4v) is 2.62. The second kappa shape index (κ2) is 6.68. The highest BCUT2D eigenvalue weighted by atomic mass is 19.1. The van der Waals surface area contributed by atoms with E-state index in [2.05, 4.69) is 11.6 Å². The number of aromatic amines is 1. The zero-order valence-electron chi connectivity index (χ0n) is 13.7. The molecule has 1 aromatic heterocycles. The molecule has 3 aromatic rings. The van der Waals surface area contributed by atoms with Gasteiger partial charge in [0.2, 0.25) is 0 Å². The first-order valence-electron chi connectivity index (χ1n) is 7.75. The summed E-state index contributed by atoms with van der Waals surface area (Å²) in [6.07, 6.45) is 1.72. The van der Waals surface area contributed by atoms with E-state index in [0.717, 1.165) is 5.39 Å². The Morgan fingerprint density at radius 3 is 2.84 bits per heavy atom. The maximum atomic E-state index is 14.7. The molecule has 0 amide bonds. The zero-order chi connectivity index (χ0) is 18.0. The first kappa shape index (κ1) is 16.6. The fraction of sp³-hybridized carbons (Fsp3) is 0.105. The molecule has 0 saturated heterocycles. The smallest absolute Gasteiger partial charge is 0.174 e.